The van der Waals surface area contributed by atoms with E-state index in [1.165, 1.54) is 11.3 Å². The molecule has 0 bridgehead atoms. The van der Waals surface area contributed by atoms with E-state index in [2.05, 4.69) is 36.1 Å². The maximum atomic E-state index is 12.8. The number of halogens is 1. The topological polar surface area (TPSA) is 88.9 Å². The number of hydrogen-bond donors (Lipinski definition) is 2. The second-order valence-corrected chi connectivity index (χ2v) is 12.0. The minimum atomic E-state index is -0.0472. The summed E-state index contributed by atoms with van der Waals surface area (Å²) in [4.78, 5) is 35.7. The fraction of sp³-hybridized carbons (Fsp3) is 0.333. The second kappa shape index (κ2) is 9.78. The van der Waals surface area contributed by atoms with Gasteiger partial charge in [-0.2, -0.15) is 0 Å². The summed E-state index contributed by atoms with van der Waals surface area (Å²) >= 11 is 4.88. The zero-order valence-electron chi connectivity index (χ0n) is 19.6. The highest BCUT2D eigenvalue weighted by Crippen LogP contribution is 2.36. The van der Waals surface area contributed by atoms with Gasteiger partial charge in [0.2, 0.25) is 0 Å². The first kappa shape index (κ1) is 23.4. The molecule has 184 valence electrons. The minimum absolute atomic E-state index is 0.0249. The van der Waals surface area contributed by atoms with Gasteiger partial charge in [-0.15, -0.1) is 11.3 Å². The first-order valence-electron chi connectivity index (χ1n) is 12.4. The third-order valence-electron chi connectivity index (χ3n) is 6.90. The zero-order valence-corrected chi connectivity index (χ0v) is 22.0. The molecule has 6 rings (SSSR count). The Labute approximate surface area is 221 Å². The summed E-state index contributed by atoms with van der Waals surface area (Å²) in [6.45, 7) is 0. The molecule has 0 aliphatic heterocycles. The summed E-state index contributed by atoms with van der Waals surface area (Å²) in [6, 6.07) is 15.9. The van der Waals surface area contributed by atoms with Gasteiger partial charge in [-0.05, 0) is 96.9 Å². The quantitative estimate of drug-likeness (QED) is 0.313. The third kappa shape index (κ3) is 4.82. The molecule has 2 amide bonds. The molecule has 1 aromatic carbocycles. The van der Waals surface area contributed by atoms with Gasteiger partial charge in [-0.1, -0.05) is 6.07 Å². The van der Waals surface area contributed by atoms with Crippen LogP contribution in [0.25, 0.3) is 22.6 Å². The number of rotatable bonds is 6. The van der Waals surface area contributed by atoms with Crippen molar-refractivity contribution in [3.8, 4) is 11.5 Å². The molecule has 0 unspecified atom stereocenters. The summed E-state index contributed by atoms with van der Waals surface area (Å²) in [5.41, 5.74) is 3.20. The molecule has 2 aliphatic rings. The molecule has 0 spiro atoms. The molecule has 3 aromatic heterocycles. The van der Waals surface area contributed by atoms with Gasteiger partial charge in [0.1, 0.15) is 5.69 Å². The highest BCUT2D eigenvalue weighted by Gasteiger charge is 2.29. The van der Waals surface area contributed by atoms with Crippen molar-refractivity contribution < 1.29 is 9.59 Å². The molecular formula is C27H26BrN5O2S. The van der Waals surface area contributed by atoms with Crippen molar-refractivity contribution in [1.29, 1.82) is 0 Å². The van der Waals surface area contributed by atoms with E-state index in [4.69, 9.17) is 4.98 Å². The summed E-state index contributed by atoms with van der Waals surface area (Å²) in [7, 11) is 0. The summed E-state index contributed by atoms with van der Waals surface area (Å²) in [5.74, 6) is 0.724. The number of nitrogens with one attached hydrogen (secondary N) is 2. The van der Waals surface area contributed by atoms with Crippen molar-refractivity contribution in [1.82, 2.24) is 25.2 Å². The number of fused-ring (bicyclic) bond motifs is 1. The lowest BCUT2D eigenvalue weighted by Gasteiger charge is -2.31. The Hall–Kier alpha value is -3.04. The lowest BCUT2D eigenvalue weighted by molar-refractivity contribution is 0.0923. The first-order chi connectivity index (χ1) is 17.5. The van der Waals surface area contributed by atoms with E-state index in [9.17, 15) is 9.59 Å². The summed E-state index contributed by atoms with van der Waals surface area (Å²) in [6.07, 6.45) is 7.64. The Bertz CT molecular complexity index is 1430. The number of amides is 2. The molecule has 0 radical (unpaired) electrons. The van der Waals surface area contributed by atoms with Gasteiger partial charge in [-0.3, -0.25) is 14.6 Å². The number of benzene rings is 1. The van der Waals surface area contributed by atoms with Crippen LogP contribution in [0.4, 0.5) is 0 Å². The fourth-order valence-electron chi connectivity index (χ4n) is 5.00. The predicted molar refractivity (Wildman–Crippen MR) is 144 cm³/mol. The van der Waals surface area contributed by atoms with Crippen LogP contribution in [-0.4, -0.2) is 38.4 Å². The van der Waals surface area contributed by atoms with Crippen LogP contribution in [0.15, 0.2) is 58.5 Å². The van der Waals surface area contributed by atoms with Crippen molar-refractivity contribution in [2.75, 3.05) is 0 Å². The maximum absolute atomic E-state index is 12.8. The molecule has 9 heteroatoms. The molecule has 4 aromatic rings. The standard InChI is InChI=1S/C27H26BrN5O2S/c28-24-12-11-23(36-24)27(35)31-18-4-3-5-19(15-18)33-22-10-7-16(26(34)30-17-8-9-17)14-21(22)32-25(33)20-6-1-2-13-29-20/h1-2,6-7,10-14,17-19H,3-5,8-9,15H2,(H,30,34)(H,31,35)/t18-,19+/m1/s1. The Kier molecular flexibility index (Phi) is 6.35. The number of imidazole rings is 1. The average Bonchev–Trinajstić information content (AvgIpc) is 3.46. The van der Waals surface area contributed by atoms with E-state index in [1.54, 1.807) is 6.20 Å². The van der Waals surface area contributed by atoms with E-state index in [0.717, 1.165) is 64.9 Å². The van der Waals surface area contributed by atoms with Crippen LogP contribution in [0.2, 0.25) is 0 Å². The Morgan fingerprint density at radius 3 is 2.58 bits per heavy atom. The van der Waals surface area contributed by atoms with Gasteiger partial charge in [0, 0.05) is 29.9 Å². The molecule has 2 atom stereocenters. The third-order valence-corrected chi connectivity index (χ3v) is 8.52. The Morgan fingerprint density at radius 2 is 1.83 bits per heavy atom. The van der Waals surface area contributed by atoms with Crippen molar-refractivity contribution in [2.24, 2.45) is 0 Å². The normalized spacial score (nSPS) is 19.8. The highest BCUT2D eigenvalue weighted by molar-refractivity contribution is 9.11. The van der Waals surface area contributed by atoms with Crippen LogP contribution < -0.4 is 10.6 Å². The summed E-state index contributed by atoms with van der Waals surface area (Å²) in [5, 5.41) is 6.31. The highest BCUT2D eigenvalue weighted by atomic mass is 79.9. The monoisotopic (exact) mass is 563 g/mol. The van der Waals surface area contributed by atoms with E-state index < -0.39 is 0 Å². The van der Waals surface area contributed by atoms with E-state index >= 15 is 0 Å². The largest absolute Gasteiger partial charge is 0.349 e. The number of carbonyl (C=O) groups excluding carboxylic acids is 2. The SMILES string of the molecule is O=C(NC1CC1)c1ccc2c(c1)nc(-c1ccccn1)n2[C@H]1CCC[C@@H](NC(=O)c2ccc(Br)s2)C1. The molecular weight excluding hydrogens is 538 g/mol. The average molecular weight is 565 g/mol. The maximum Gasteiger partial charge on any atom is 0.261 e. The van der Waals surface area contributed by atoms with Crippen molar-refractivity contribution in [2.45, 2.75) is 56.7 Å². The molecule has 2 aliphatic carbocycles. The number of hydrogen-bond acceptors (Lipinski definition) is 5. The number of pyridine rings is 1. The number of aromatic nitrogens is 3. The number of thiophene rings is 1. The second-order valence-electron chi connectivity index (χ2n) is 9.57. The van der Waals surface area contributed by atoms with Crippen LogP contribution >= 0.6 is 27.3 Å². The van der Waals surface area contributed by atoms with E-state index in [-0.39, 0.29) is 23.9 Å². The lowest BCUT2D eigenvalue weighted by atomic mass is 9.90. The molecule has 36 heavy (non-hydrogen) atoms. The first-order valence-corrected chi connectivity index (χ1v) is 14.0. The number of carbonyl (C=O) groups is 2. The smallest absolute Gasteiger partial charge is 0.261 e. The van der Waals surface area contributed by atoms with E-state index in [0.29, 0.717) is 16.5 Å². The van der Waals surface area contributed by atoms with Crippen LogP contribution in [0, 0.1) is 0 Å². The minimum Gasteiger partial charge on any atom is -0.349 e. The zero-order chi connectivity index (χ0) is 24.6. The predicted octanol–water partition coefficient (Wildman–Crippen LogP) is 5.73. The van der Waals surface area contributed by atoms with Crippen molar-refractivity contribution in [3.63, 3.8) is 0 Å². The van der Waals surface area contributed by atoms with Gasteiger partial charge in [0.15, 0.2) is 5.82 Å². The van der Waals surface area contributed by atoms with Crippen molar-refractivity contribution in [3.05, 3.63) is 69.0 Å². The van der Waals surface area contributed by atoms with Gasteiger partial charge >= 0.3 is 0 Å². The fourth-order valence-corrected chi connectivity index (χ4v) is 6.29. The number of nitrogens with zero attached hydrogens (tertiary/aromatic N) is 3. The van der Waals surface area contributed by atoms with Gasteiger partial charge in [0.05, 0.1) is 19.7 Å². The summed E-state index contributed by atoms with van der Waals surface area (Å²) < 4.78 is 3.21. The van der Waals surface area contributed by atoms with Gasteiger partial charge < -0.3 is 15.2 Å². The van der Waals surface area contributed by atoms with Crippen LogP contribution in [0.5, 0.6) is 0 Å². The molecule has 0 saturated heterocycles. The van der Waals surface area contributed by atoms with Gasteiger partial charge in [-0.25, -0.2) is 4.98 Å². The molecule has 2 N–H and O–H groups in total. The Morgan fingerprint density at radius 1 is 0.972 bits per heavy atom. The lowest BCUT2D eigenvalue weighted by Crippen LogP contribution is -2.38. The van der Waals surface area contributed by atoms with Gasteiger partial charge in [0.25, 0.3) is 11.8 Å². The van der Waals surface area contributed by atoms with Crippen LogP contribution in [0.3, 0.4) is 0 Å². The Balaban J connectivity index is 1.32. The molecule has 3 heterocycles. The molecule has 7 nitrogen and oxygen atoms in total. The van der Waals surface area contributed by atoms with Crippen molar-refractivity contribution >= 4 is 50.1 Å². The van der Waals surface area contributed by atoms with Crippen LogP contribution in [-0.2, 0) is 0 Å². The van der Waals surface area contributed by atoms with E-state index in [1.807, 2.05) is 48.5 Å². The van der Waals surface area contributed by atoms with Crippen LogP contribution in [0.1, 0.15) is 64.6 Å². The molecule has 2 fully saturated rings. The molecule has 2 saturated carbocycles.